The average molecular weight is 331 g/mol. The van der Waals surface area contributed by atoms with Gasteiger partial charge in [-0.3, -0.25) is 4.79 Å². The van der Waals surface area contributed by atoms with Crippen LogP contribution in [0.5, 0.6) is 0 Å². The standard InChI is InChI=1S/C16H26N2OS.ClH/c1-14(17)16(19)18(12-7-13-20-2)11-6-10-15-8-4-3-5-9-15;/h3-5,8-9,14H,6-7,10-13,17H2,1-2H3;1H/t14-;/m1./s1. The summed E-state index contributed by atoms with van der Waals surface area (Å²) in [5, 5.41) is 0. The molecule has 1 rings (SSSR count). The van der Waals surface area contributed by atoms with Crippen LogP contribution in [0.2, 0.25) is 0 Å². The van der Waals surface area contributed by atoms with Gasteiger partial charge in [0.05, 0.1) is 6.04 Å². The van der Waals surface area contributed by atoms with Gasteiger partial charge in [0.1, 0.15) is 0 Å². The molecular weight excluding hydrogens is 304 g/mol. The fourth-order valence-electron chi connectivity index (χ4n) is 2.14. The second-order valence-electron chi connectivity index (χ2n) is 5.05. The first kappa shape index (κ1) is 20.3. The zero-order valence-electron chi connectivity index (χ0n) is 13.0. The Bertz CT molecular complexity index is 387. The van der Waals surface area contributed by atoms with Gasteiger partial charge in [0.2, 0.25) is 5.91 Å². The molecular formula is C16H27ClN2OS. The van der Waals surface area contributed by atoms with E-state index in [-0.39, 0.29) is 18.3 Å². The lowest BCUT2D eigenvalue weighted by Gasteiger charge is -2.24. The third-order valence-corrected chi connectivity index (χ3v) is 3.91. The van der Waals surface area contributed by atoms with Gasteiger partial charge in [0.25, 0.3) is 0 Å². The van der Waals surface area contributed by atoms with E-state index in [0.29, 0.717) is 0 Å². The van der Waals surface area contributed by atoms with Crippen molar-refractivity contribution < 1.29 is 4.79 Å². The van der Waals surface area contributed by atoms with Crippen LogP contribution in [0, 0.1) is 0 Å². The molecule has 0 aliphatic carbocycles. The van der Waals surface area contributed by atoms with E-state index >= 15 is 0 Å². The summed E-state index contributed by atoms with van der Waals surface area (Å²) in [6.45, 7) is 3.38. The van der Waals surface area contributed by atoms with E-state index < -0.39 is 6.04 Å². The second kappa shape index (κ2) is 11.9. The van der Waals surface area contributed by atoms with Crippen LogP contribution >= 0.6 is 24.2 Å². The minimum Gasteiger partial charge on any atom is -0.341 e. The van der Waals surface area contributed by atoms with Crippen molar-refractivity contribution >= 4 is 30.1 Å². The van der Waals surface area contributed by atoms with Crippen LogP contribution in [-0.2, 0) is 11.2 Å². The first-order valence-electron chi connectivity index (χ1n) is 7.22. The number of carbonyl (C=O) groups excluding carboxylic acids is 1. The van der Waals surface area contributed by atoms with Crippen molar-refractivity contribution in [2.75, 3.05) is 25.1 Å². The fourth-order valence-corrected chi connectivity index (χ4v) is 2.56. The molecule has 0 spiro atoms. The van der Waals surface area contributed by atoms with E-state index in [1.165, 1.54) is 5.56 Å². The third-order valence-electron chi connectivity index (χ3n) is 3.21. The van der Waals surface area contributed by atoms with Gasteiger partial charge in [-0.1, -0.05) is 30.3 Å². The number of halogens is 1. The van der Waals surface area contributed by atoms with Gasteiger partial charge in [0.15, 0.2) is 0 Å². The lowest BCUT2D eigenvalue weighted by molar-refractivity contribution is -0.132. The number of hydrogen-bond donors (Lipinski definition) is 1. The molecule has 0 fully saturated rings. The van der Waals surface area contributed by atoms with Crippen molar-refractivity contribution in [2.45, 2.75) is 32.2 Å². The van der Waals surface area contributed by atoms with Crippen LogP contribution in [0.1, 0.15) is 25.3 Å². The van der Waals surface area contributed by atoms with E-state index in [9.17, 15) is 4.79 Å². The van der Waals surface area contributed by atoms with Crippen molar-refractivity contribution in [3.63, 3.8) is 0 Å². The van der Waals surface area contributed by atoms with Gasteiger partial charge >= 0.3 is 0 Å². The van der Waals surface area contributed by atoms with Gasteiger partial charge in [0, 0.05) is 13.1 Å². The van der Waals surface area contributed by atoms with E-state index in [0.717, 1.165) is 38.1 Å². The van der Waals surface area contributed by atoms with Crippen LogP contribution in [0.15, 0.2) is 30.3 Å². The fraction of sp³-hybridized carbons (Fsp3) is 0.562. The van der Waals surface area contributed by atoms with E-state index in [2.05, 4.69) is 30.5 Å². The number of carbonyl (C=O) groups is 1. The highest BCUT2D eigenvalue weighted by molar-refractivity contribution is 7.98. The number of nitrogens with zero attached hydrogens (tertiary/aromatic N) is 1. The Balaban J connectivity index is 0.00000400. The maximum atomic E-state index is 12.1. The summed E-state index contributed by atoms with van der Waals surface area (Å²) in [5.41, 5.74) is 7.05. The second-order valence-corrected chi connectivity index (χ2v) is 6.04. The largest absolute Gasteiger partial charge is 0.341 e. The number of nitrogens with two attached hydrogens (primary N) is 1. The number of aryl methyl sites for hydroxylation is 1. The van der Waals surface area contributed by atoms with Crippen LogP contribution in [0.4, 0.5) is 0 Å². The molecule has 0 radical (unpaired) electrons. The first-order valence-corrected chi connectivity index (χ1v) is 8.61. The summed E-state index contributed by atoms with van der Waals surface area (Å²) in [7, 11) is 0. The van der Waals surface area contributed by atoms with Crippen LogP contribution < -0.4 is 5.73 Å². The van der Waals surface area contributed by atoms with Crippen LogP contribution in [-0.4, -0.2) is 41.9 Å². The number of thioether (sulfide) groups is 1. The predicted octanol–water partition coefficient (Wildman–Crippen LogP) is 2.97. The van der Waals surface area contributed by atoms with Crippen molar-refractivity contribution in [1.82, 2.24) is 4.90 Å². The zero-order valence-corrected chi connectivity index (χ0v) is 14.6. The Morgan fingerprint density at radius 1 is 1.24 bits per heavy atom. The molecule has 2 N–H and O–H groups in total. The summed E-state index contributed by atoms with van der Waals surface area (Å²) in [5.74, 6) is 1.15. The van der Waals surface area contributed by atoms with Gasteiger partial charge in [-0.05, 0) is 43.8 Å². The maximum absolute atomic E-state index is 12.1. The molecule has 1 aromatic carbocycles. The quantitative estimate of drug-likeness (QED) is 0.708. The van der Waals surface area contributed by atoms with Crippen molar-refractivity contribution in [2.24, 2.45) is 5.73 Å². The molecule has 0 saturated heterocycles. The smallest absolute Gasteiger partial charge is 0.239 e. The lowest BCUT2D eigenvalue weighted by Crippen LogP contribution is -2.43. The molecule has 120 valence electrons. The highest BCUT2D eigenvalue weighted by Gasteiger charge is 2.16. The first-order chi connectivity index (χ1) is 9.65. The summed E-state index contributed by atoms with van der Waals surface area (Å²) < 4.78 is 0. The molecule has 0 aromatic heterocycles. The van der Waals surface area contributed by atoms with E-state index in [4.69, 9.17) is 5.73 Å². The number of hydrogen-bond acceptors (Lipinski definition) is 3. The maximum Gasteiger partial charge on any atom is 0.239 e. The van der Waals surface area contributed by atoms with Crippen LogP contribution in [0.3, 0.4) is 0 Å². The molecule has 0 unspecified atom stereocenters. The molecule has 1 atom stereocenters. The molecule has 3 nitrogen and oxygen atoms in total. The van der Waals surface area contributed by atoms with Crippen molar-refractivity contribution in [1.29, 1.82) is 0 Å². The Labute approximate surface area is 139 Å². The normalized spacial score (nSPS) is 11.6. The highest BCUT2D eigenvalue weighted by Crippen LogP contribution is 2.06. The molecule has 0 aliphatic rings. The Hall–Kier alpha value is -0.710. The Morgan fingerprint density at radius 2 is 1.86 bits per heavy atom. The van der Waals surface area contributed by atoms with E-state index in [1.807, 2.05) is 22.7 Å². The lowest BCUT2D eigenvalue weighted by atomic mass is 10.1. The van der Waals surface area contributed by atoms with Gasteiger partial charge in [-0.25, -0.2) is 0 Å². The molecule has 5 heteroatoms. The van der Waals surface area contributed by atoms with Gasteiger partial charge in [-0.15, -0.1) is 12.4 Å². The zero-order chi connectivity index (χ0) is 14.8. The topological polar surface area (TPSA) is 46.3 Å². The molecule has 0 aliphatic heterocycles. The summed E-state index contributed by atoms with van der Waals surface area (Å²) in [6.07, 6.45) is 5.12. The summed E-state index contributed by atoms with van der Waals surface area (Å²) in [4.78, 5) is 14.0. The molecule has 0 bridgehead atoms. The van der Waals surface area contributed by atoms with Crippen molar-refractivity contribution in [3.8, 4) is 0 Å². The van der Waals surface area contributed by atoms with Crippen LogP contribution in [0.25, 0.3) is 0 Å². The predicted molar refractivity (Wildman–Crippen MR) is 95.2 cm³/mol. The summed E-state index contributed by atoms with van der Waals surface area (Å²) >= 11 is 1.82. The summed E-state index contributed by atoms with van der Waals surface area (Å²) in [6, 6.07) is 9.99. The SMILES string of the molecule is CSCCCN(CCCc1ccccc1)C(=O)[C@@H](C)N.Cl. The van der Waals surface area contributed by atoms with Gasteiger partial charge < -0.3 is 10.6 Å². The number of rotatable bonds is 9. The molecule has 0 saturated carbocycles. The Morgan fingerprint density at radius 3 is 2.43 bits per heavy atom. The molecule has 21 heavy (non-hydrogen) atoms. The third kappa shape index (κ3) is 8.34. The van der Waals surface area contributed by atoms with Gasteiger partial charge in [-0.2, -0.15) is 11.8 Å². The van der Waals surface area contributed by atoms with Crippen molar-refractivity contribution in [3.05, 3.63) is 35.9 Å². The minimum atomic E-state index is -0.402. The minimum absolute atomic E-state index is 0. The monoisotopic (exact) mass is 330 g/mol. The number of benzene rings is 1. The molecule has 1 amide bonds. The molecule has 1 aromatic rings. The highest BCUT2D eigenvalue weighted by atomic mass is 35.5. The number of amides is 1. The average Bonchev–Trinajstić information content (AvgIpc) is 2.46. The molecule has 0 heterocycles. The van der Waals surface area contributed by atoms with E-state index in [1.54, 1.807) is 6.92 Å². The Kier molecular flexibility index (Phi) is 11.5.